The Labute approximate surface area is 150 Å². The molecule has 0 spiro atoms. The third kappa shape index (κ3) is 2.48. The van der Waals surface area contributed by atoms with Gasteiger partial charge < -0.3 is 4.74 Å². The molecule has 1 amide bonds. The highest BCUT2D eigenvalue weighted by Crippen LogP contribution is 2.38. The van der Waals surface area contributed by atoms with Crippen molar-refractivity contribution in [2.45, 2.75) is 19.9 Å². The molecule has 0 aromatic carbocycles. The fraction of sp³-hybridized carbons (Fsp3) is 0.211. The van der Waals surface area contributed by atoms with Crippen LogP contribution in [0.3, 0.4) is 0 Å². The minimum Gasteiger partial charge on any atom is -0.495 e. The maximum Gasteiger partial charge on any atom is 0.262 e. The zero-order valence-electron chi connectivity index (χ0n) is 14.7. The van der Waals surface area contributed by atoms with Gasteiger partial charge in [-0.15, -0.1) is 0 Å². The van der Waals surface area contributed by atoms with Crippen molar-refractivity contribution >= 4 is 11.7 Å². The molecule has 4 heterocycles. The first-order chi connectivity index (χ1) is 12.6. The summed E-state index contributed by atoms with van der Waals surface area (Å²) < 4.78 is 5.24. The van der Waals surface area contributed by atoms with E-state index in [2.05, 4.69) is 15.0 Å². The van der Waals surface area contributed by atoms with Crippen molar-refractivity contribution in [1.29, 1.82) is 0 Å². The van der Waals surface area contributed by atoms with Crippen LogP contribution in [0, 0.1) is 6.92 Å². The number of carbonyl (C=O) groups is 1. The highest BCUT2D eigenvalue weighted by atomic mass is 16.5. The topological polar surface area (TPSA) is 81.1 Å². The minimum absolute atomic E-state index is 0.103. The molecule has 130 valence electrons. The largest absolute Gasteiger partial charge is 0.495 e. The summed E-state index contributed by atoms with van der Waals surface area (Å²) in [5, 5.41) is 0. The number of nitrogens with zero attached hydrogens (tertiary/aromatic N) is 5. The van der Waals surface area contributed by atoms with Crippen LogP contribution in [0.4, 0.5) is 5.82 Å². The molecule has 0 saturated heterocycles. The maximum absolute atomic E-state index is 13.0. The van der Waals surface area contributed by atoms with E-state index in [0.29, 0.717) is 17.1 Å². The van der Waals surface area contributed by atoms with Gasteiger partial charge in [0.15, 0.2) is 5.82 Å². The standard InChI is InChI=1S/C19H17N5O2/c1-11-6-15(13-7-14(26-3)9-21-8-13)23-18-12(2)24(19(25)17(11)18)16-10-20-4-5-22-16/h4-10,12H,1-3H3. The monoisotopic (exact) mass is 347 g/mol. The average molecular weight is 347 g/mol. The van der Waals surface area contributed by atoms with Gasteiger partial charge in [-0.1, -0.05) is 0 Å². The molecule has 1 aliphatic rings. The second-order valence-corrected chi connectivity index (χ2v) is 6.11. The minimum atomic E-state index is -0.230. The van der Waals surface area contributed by atoms with Gasteiger partial charge in [0.1, 0.15) is 5.75 Å². The second-order valence-electron chi connectivity index (χ2n) is 6.11. The quantitative estimate of drug-likeness (QED) is 0.724. The van der Waals surface area contributed by atoms with Crippen LogP contribution in [0.1, 0.15) is 34.6 Å². The summed E-state index contributed by atoms with van der Waals surface area (Å²) in [7, 11) is 1.60. The smallest absolute Gasteiger partial charge is 0.262 e. The number of fused-ring (bicyclic) bond motifs is 1. The Balaban J connectivity index is 1.82. The Morgan fingerprint density at radius 2 is 1.96 bits per heavy atom. The molecule has 7 nitrogen and oxygen atoms in total. The van der Waals surface area contributed by atoms with E-state index in [1.165, 1.54) is 0 Å². The van der Waals surface area contributed by atoms with Gasteiger partial charge in [0.2, 0.25) is 0 Å². The Kier molecular flexibility index (Phi) is 3.84. The Morgan fingerprint density at radius 3 is 2.69 bits per heavy atom. The Bertz CT molecular complexity index is 990. The van der Waals surface area contributed by atoms with Crippen LogP contribution in [0.2, 0.25) is 0 Å². The number of rotatable bonds is 3. The van der Waals surface area contributed by atoms with E-state index in [9.17, 15) is 4.79 Å². The van der Waals surface area contributed by atoms with Crippen LogP contribution >= 0.6 is 0 Å². The molecular weight excluding hydrogens is 330 g/mol. The molecule has 1 unspecified atom stereocenters. The summed E-state index contributed by atoms with van der Waals surface area (Å²) in [6.45, 7) is 3.86. The molecule has 0 saturated carbocycles. The number of hydrogen-bond donors (Lipinski definition) is 0. The summed E-state index contributed by atoms with van der Waals surface area (Å²) in [5.74, 6) is 1.08. The number of hydrogen-bond acceptors (Lipinski definition) is 6. The zero-order chi connectivity index (χ0) is 18.3. The summed E-state index contributed by atoms with van der Waals surface area (Å²) in [6.07, 6.45) is 8.12. The van der Waals surface area contributed by atoms with Crippen LogP contribution in [0.5, 0.6) is 5.75 Å². The van der Waals surface area contributed by atoms with E-state index in [1.54, 1.807) is 43.0 Å². The predicted octanol–water partition coefficient (Wildman–Crippen LogP) is 2.97. The van der Waals surface area contributed by atoms with E-state index in [4.69, 9.17) is 9.72 Å². The van der Waals surface area contributed by atoms with Crippen molar-refractivity contribution in [3.05, 3.63) is 59.9 Å². The number of carbonyl (C=O) groups excluding carboxylic acids is 1. The lowest BCUT2D eigenvalue weighted by Gasteiger charge is -2.19. The molecule has 26 heavy (non-hydrogen) atoms. The van der Waals surface area contributed by atoms with E-state index < -0.39 is 0 Å². The van der Waals surface area contributed by atoms with Gasteiger partial charge in [-0.05, 0) is 31.5 Å². The van der Waals surface area contributed by atoms with Crippen LogP contribution in [0.25, 0.3) is 11.3 Å². The number of methoxy groups -OCH3 is 1. The first kappa shape index (κ1) is 16.1. The van der Waals surface area contributed by atoms with Crippen molar-refractivity contribution in [2.75, 3.05) is 12.0 Å². The number of amides is 1. The maximum atomic E-state index is 13.0. The van der Waals surface area contributed by atoms with Crippen molar-refractivity contribution < 1.29 is 9.53 Å². The molecule has 0 fully saturated rings. The normalized spacial score (nSPS) is 15.9. The molecule has 3 aromatic rings. The number of ether oxygens (including phenoxy) is 1. The van der Waals surface area contributed by atoms with E-state index in [1.807, 2.05) is 26.0 Å². The van der Waals surface area contributed by atoms with Gasteiger partial charge in [0, 0.05) is 24.2 Å². The van der Waals surface area contributed by atoms with Gasteiger partial charge in [-0.2, -0.15) is 0 Å². The molecular formula is C19H17N5O2. The zero-order valence-corrected chi connectivity index (χ0v) is 14.7. The first-order valence-corrected chi connectivity index (χ1v) is 8.20. The van der Waals surface area contributed by atoms with Gasteiger partial charge in [-0.3, -0.25) is 19.7 Å². The van der Waals surface area contributed by atoms with Crippen molar-refractivity contribution in [2.24, 2.45) is 0 Å². The number of aromatic nitrogens is 4. The Hall–Kier alpha value is -3.35. The average Bonchev–Trinajstić information content (AvgIpc) is 2.93. The number of pyridine rings is 2. The number of anilines is 1. The molecule has 1 aliphatic heterocycles. The van der Waals surface area contributed by atoms with Crippen LogP contribution in [0.15, 0.2) is 43.1 Å². The molecule has 7 heteroatoms. The van der Waals surface area contributed by atoms with E-state index in [0.717, 1.165) is 22.5 Å². The summed E-state index contributed by atoms with van der Waals surface area (Å²) >= 11 is 0. The highest BCUT2D eigenvalue weighted by Gasteiger charge is 2.38. The molecule has 0 aliphatic carbocycles. The molecule has 3 aromatic heterocycles. The summed E-state index contributed by atoms with van der Waals surface area (Å²) in [5.41, 5.74) is 3.83. The lowest BCUT2D eigenvalue weighted by Crippen LogP contribution is -2.27. The van der Waals surface area contributed by atoms with Crippen LogP contribution in [-0.2, 0) is 0 Å². The lowest BCUT2D eigenvalue weighted by molar-refractivity contribution is 0.0991. The van der Waals surface area contributed by atoms with Gasteiger partial charge >= 0.3 is 0 Å². The molecule has 0 bridgehead atoms. The van der Waals surface area contributed by atoms with Gasteiger partial charge in [0.05, 0.1) is 42.5 Å². The molecule has 0 radical (unpaired) electrons. The van der Waals surface area contributed by atoms with Crippen LogP contribution < -0.4 is 9.64 Å². The molecule has 4 rings (SSSR count). The Morgan fingerprint density at radius 1 is 1.12 bits per heavy atom. The van der Waals surface area contributed by atoms with Crippen molar-refractivity contribution in [3.63, 3.8) is 0 Å². The summed E-state index contributed by atoms with van der Waals surface area (Å²) in [4.78, 5) is 31.9. The van der Waals surface area contributed by atoms with Gasteiger partial charge in [-0.25, -0.2) is 9.97 Å². The van der Waals surface area contributed by atoms with Crippen LogP contribution in [-0.4, -0.2) is 33.0 Å². The predicted molar refractivity (Wildman–Crippen MR) is 96.0 cm³/mol. The molecule has 0 N–H and O–H groups in total. The van der Waals surface area contributed by atoms with E-state index in [-0.39, 0.29) is 11.9 Å². The third-order valence-corrected chi connectivity index (χ3v) is 4.50. The van der Waals surface area contributed by atoms with Gasteiger partial charge in [0.25, 0.3) is 5.91 Å². The number of aryl methyl sites for hydroxylation is 1. The summed E-state index contributed by atoms with van der Waals surface area (Å²) in [6, 6.07) is 3.55. The van der Waals surface area contributed by atoms with Crippen molar-refractivity contribution in [1.82, 2.24) is 19.9 Å². The molecule has 1 atom stereocenters. The van der Waals surface area contributed by atoms with Crippen molar-refractivity contribution in [3.8, 4) is 17.0 Å². The van der Waals surface area contributed by atoms with E-state index >= 15 is 0 Å². The first-order valence-electron chi connectivity index (χ1n) is 8.20. The third-order valence-electron chi connectivity index (χ3n) is 4.50. The fourth-order valence-electron chi connectivity index (χ4n) is 3.23. The fourth-order valence-corrected chi connectivity index (χ4v) is 3.23. The second kappa shape index (κ2) is 6.18. The highest BCUT2D eigenvalue weighted by molar-refractivity contribution is 6.11. The SMILES string of the molecule is COc1cncc(-c2cc(C)c3c(n2)C(C)N(c2cnccn2)C3=O)c1. The lowest BCUT2D eigenvalue weighted by atomic mass is 10.0.